The smallest absolute Gasteiger partial charge is 0.323 e. The lowest BCUT2D eigenvalue weighted by Gasteiger charge is -2.44. The van der Waals surface area contributed by atoms with Gasteiger partial charge in [-0.2, -0.15) is 0 Å². The Morgan fingerprint density at radius 2 is 1.89 bits per heavy atom. The number of hydrogen-bond acceptors (Lipinski definition) is 2. The van der Waals surface area contributed by atoms with Crippen molar-refractivity contribution in [2.24, 2.45) is 5.92 Å². The minimum atomic E-state index is -0.971. The molecule has 1 aliphatic rings. The van der Waals surface area contributed by atoms with E-state index in [9.17, 15) is 9.59 Å². The van der Waals surface area contributed by atoms with Crippen LogP contribution in [0.15, 0.2) is 0 Å². The summed E-state index contributed by atoms with van der Waals surface area (Å²) in [5.41, 5.74) is -0.490. The minimum absolute atomic E-state index is 0.158. The van der Waals surface area contributed by atoms with Crippen LogP contribution in [0.1, 0.15) is 47.5 Å². The van der Waals surface area contributed by atoms with Gasteiger partial charge in [0.2, 0.25) is 0 Å². The Morgan fingerprint density at radius 1 is 1.32 bits per heavy atom. The summed E-state index contributed by atoms with van der Waals surface area (Å²) in [6.07, 6.45) is 2.11. The molecule has 1 heterocycles. The molecule has 5 heteroatoms. The SMILES string of the molecule is CC1CCCN(C(=O)N(CC(=O)O)C(C)(C)C)C1C. The number of urea groups is 1. The molecule has 0 saturated carbocycles. The van der Waals surface area contributed by atoms with Crippen LogP contribution in [0.5, 0.6) is 0 Å². The van der Waals surface area contributed by atoms with Gasteiger partial charge in [0.25, 0.3) is 0 Å². The lowest BCUT2D eigenvalue weighted by atomic mass is 9.92. The summed E-state index contributed by atoms with van der Waals surface area (Å²) in [5.74, 6) is -0.509. The van der Waals surface area contributed by atoms with Gasteiger partial charge in [0.05, 0.1) is 0 Å². The second-order valence-corrected chi connectivity index (χ2v) is 6.49. The normalized spacial score (nSPS) is 24.2. The van der Waals surface area contributed by atoms with E-state index >= 15 is 0 Å². The van der Waals surface area contributed by atoms with Crippen molar-refractivity contribution in [2.45, 2.75) is 59.0 Å². The summed E-state index contributed by atoms with van der Waals surface area (Å²) in [6, 6.07) is 0.00819. The molecule has 5 nitrogen and oxygen atoms in total. The van der Waals surface area contributed by atoms with Crippen molar-refractivity contribution in [2.75, 3.05) is 13.1 Å². The summed E-state index contributed by atoms with van der Waals surface area (Å²) in [6.45, 7) is 10.3. The van der Waals surface area contributed by atoms with Gasteiger partial charge < -0.3 is 14.9 Å². The zero-order valence-corrected chi connectivity index (χ0v) is 12.6. The zero-order chi connectivity index (χ0) is 14.8. The highest BCUT2D eigenvalue weighted by Gasteiger charge is 2.36. The van der Waals surface area contributed by atoms with Crippen LogP contribution in [0.2, 0.25) is 0 Å². The first-order valence-corrected chi connectivity index (χ1v) is 6.94. The first kappa shape index (κ1) is 15.8. The molecule has 0 aromatic carbocycles. The third-order valence-corrected chi connectivity index (χ3v) is 3.95. The maximum absolute atomic E-state index is 12.6. The van der Waals surface area contributed by atoms with Gasteiger partial charge in [-0.3, -0.25) is 4.79 Å². The van der Waals surface area contributed by atoms with Crippen LogP contribution < -0.4 is 0 Å². The van der Waals surface area contributed by atoms with Crippen LogP contribution >= 0.6 is 0 Å². The molecule has 1 aliphatic heterocycles. The van der Waals surface area contributed by atoms with Gasteiger partial charge in [0, 0.05) is 18.1 Å². The van der Waals surface area contributed by atoms with E-state index in [1.165, 1.54) is 4.90 Å². The predicted octanol–water partition coefficient (Wildman–Crippen LogP) is 2.41. The largest absolute Gasteiger partial charge is 0.480 e. The summed E-state index contributed by atoms with van der Waals surface area (Å²) in [5, 5.41) is 9.00. The molecule has 1 fully saturated rings. The number of rotatable bonds is 2. The number of likely N-dealkylation sites (tertiary alicyclic amines) is 1. The van der Waals surface area contributed by atoms with Crippen LogP contribution in [-0.2, 0) is 4.79 Å². The summed E-state index contributed by atoms with van der Waals surface area (Å²) in [4.78, 5) is 26.9. The van der Waals surface area contributed by atoms with E-state index in [-0.39, 0.29) is 18.6 Å². The molecule has 0 bridgehead atoms. The second kappa shape index (κ2) is 5.80. The van der Waals surface area contributed by atoms with E-state index in [1.54, 1.807) is 0 Å². The first-order valence-electron chi connectivity index (χ1n) is 6.94. The first-order chi connectivity index (χ1) is 8.64. The van der Waals surface area contributed by atoms with Gasteiger partial charge in [-0.05, 0) is 46.5 Å². The topological polar surface area (TPSA) is 60.9 Å². The lowest BCUT2D eigenvalue weighted by Crippen LogP contribution is -2.57. The molecule has 2 amide bonds. The Kier molecular flexibility index (Phi) is 4.82. The van der Waals surface area contributed by atoms with Crippen molar-refractivity contribution in [1.29, 1.82) is 0 Å². The van der Waals surface area contributed by atoms with E-state index in [0.717, 1.165) is 19.4 Å². The van der Waals surface area contributed by atoms with Gasteiger partial charge in [-0.25, -0.2) is 4.79 Å². The van der Waals surface area contributed by atoms with Gasteiger partial charge in [0.1, 0.15) is 6.54 Å². The number of piperidine rings is 1. The molecular weight excluding hydrogens is 244 g/mol. The van der Waals surface area contributed by atoms with Crippen molar-refractivity contribution in [3.05, 3.63) is 0 Å². The van der Waals surface area contributed by atoms with Crippen LogP contribution in [0.3, 0.4) is 0 Å². The fourth-order valence-corrected chi connectivity index (χ4v) is 2.49. The molecular formula is C14H26N2O3. The predicted molar refractivity (Wildman–Crippen MR) is 74.1 cm³/mol. The monoisotopic (exact) mass is 270 g/mol. The lowest BCUT2D eigenvalue weighted by molar-refractivity contribution is -0.138. The number of carboxylic acid groups (broad SMARTS) is 1. The quantitative estimate of drug-likeness (QED) is 0.838. The maximum atomic E-state index is 12.6. The third kappa shape index (κ3) is 3.85. The van der Waals surface area contributed by atoms with Gasteiger partial charge in [-0.1, -0.05) is 6.92 Å². The molecule has 1 N–H and O–H groups in total. The molecule has 0 radical (unpaired) electrons. The number of carboxylic acids is 1. The molecule has 1 saturated heterocycles. The molecule has 0 spiro atoms. The standard InChI is InChI=1S/C14H26N2O3/c1-10-7-6-8-15(11(10)2)13(19)16(9-12(17)18)14(3,4)5/h10-11H,6-9H2,1-5H3,(H,17,18). The number of nitrogens with zero attached hydrogens (tertiary/aromatic N) is 2. The van der Waals surface area contributed by atoms with Crippen LogP contribution in [0, 0.1) is 5.92 Å². The average molecular weight is 270 g/mol. The molecule has 0 aromatic heterocycles. The molecule has 1 rings (SSSR count). The number of aliphatic carboxylic acids is 1. The van der Waals surface area contributed by atoms with Crippen LogP contribution in [0.25, 0.3) is 0 Å². The second-order valence-electron chi connectivity index (χ2n) is 6.49. The summed E-state index contributed by atoms with van der Waals surface area (Å²) < 4.78 is 0. The van der Waals surface area contributed by atoms with Crippen molar-refractivity contribution >= 4 is 12.0 Å². The van der Waals surface area contributed by atoms with E-state index in [1.807, 2.05) is 32.6 Å². The minimum Gasteiger partial charge on any atom is -0.480 e. The van der Waals surface area contributed by atoms with Crippen LogP contribution in [-0.4, -0.2) is 51.6 Å². The maximum Gasteiger partial charge on any atom is 0.323 e. The molecule has 0 aliphatic carbocycles. The average Bonchev–Trinajstić information content (AvgIpc) is 2.27. The van der Waals surface area contributed by atoms with E-state index in [2.05, 4.69) is 6.92 Å². The molecule has 110 valence electrons. The fourth-order valence-electron chi connectivity index (χ4n) is 2.49. The van der Waals surface area contributed by atoms with Gasteiger partial charge in [-0.15, -0.1) is 0 Å². The Labute approximate surface area is 115 Å². The molecule has 19 heavy (non-hydrogen) atoms. The highest BCUT2D eigenvalue weighted by atomic mass is 16.4. The van der Waals surface area contributed by atoms with Crippen molar-refractivity contribution in [3.8, 4) is 0 Å². The Morgan fingerprint density at radius 3 is 2.37 bits per heavy atom. The van der Waals surface area contributed by atoms with Crippen molar-refractivity contribution in [3.63, 3.8) is 0 Å². The zero-order valence-electron chi connectivity index (χ0n) is 12.6. The van der Waals surface area contributed by atoms with Crippen molar-refractivity contribution in [1.82, 2.24) is 9.80 Å². The fraction of sp³-hybridized carbons (Fsp3) is 0.857. The highest BCUT2D eigenvalue weighted by Crippen LogP contribution is 2.26. The molecule has 2 unspecified atom stereocenters. The Hall–Kier alpha value is -1.26. The number of amides is 2. The van der Waals surface area contributed by atoms with Crippen molar-refractivity contribution < 1.29 is 14.7 Å². The van der Waals surface area contributed by atoms with E-state index < -0.39 is 11.5 Å². The number of carbonyl (C=O) groups is 2. The summed E-state index contributed by atoms with van der Waals surface area (Å²) in [7, 11) is 0. The summed E-state index contributed by atoms with van der Waals surface area (Å²) >= 11 is 0. The van der Waals surface area contributed by atoms with E-state index in [0.29, 0.717) is 5.92 Å². The molecule has 0 aromatic rings. The van der Waals surface area contributed by atoms with Gasteiger partial charge >= 0.3 is 12.0 Å². The number of carbonyl (C=O) groups excluding carboxylic acids is 1. The van der Waals surface area contributed by atoms with Crippen LogP contribution in [0.4, 0.5) is 4.79 Å². The highest BCUT2D eigenvalue weighted by molar-refractivity contribution is 5.81. The Bertz CT molecular complexity index is 349. The van der Waals surface area contributed by atoms with E-state index in [4.69, 9.17) is 5.11 Å². The Balaban J connectivity index is 2.89. The number of hydrogen-bond donors (Lipinski definition) is 1. The van der Waals surface area contributed by atoms with Gasteiger partial charge in [0.15, 0.2) is 0 Å². The molecule has 2 atom stereocenters. The third-order valence-electron chi connectivity index (χ3n) is 3.95.